The lowest BCUT2D eigenvalue weighted by Crippen LogP contribution is -2.31. The summed E-state index contributed by atoms with van der Waals surface area (Å²) >= 11 is 12.0. The smallest absolute Gasteiger partial charge is 0.271 e. The van der Waals surface area contributed by atoms with Crippen molar-refractivity contribution in [2.24, 2.45) is 0 Å². The third kappa shape index (κ3) is 4.59. The molecule has 0 aliphatic rings. The average molecular weight is 369 g/mol. The van der Waals surface area contributed by atoms with Crippen LogP contribution in [0.4, 0.5) is 5.69 Å². The minimum absolute atomic E-state index is 0.0659. The summed E-state index contributed by atoms with van der Waals surface area (Å²) < 4.78 is 5.30. The second kappa shape index (κ2) is 7.99. The summed E-state index contributed by atoms with van der Waals surface area (Å²) in [7, 11) is 0. The number of nitrogens with one attached hydrogen (secondary N) is 1. The molecule has 2 rings (SSSR count). The van der Waals surface area contributed by atoms with Crippen LogP contribution in [0.3, 0.4) is 0 Å². The summed E-state index contributed by atoms with van der Waals surface area (Å²) in [5.41, 5.74) is 0.644. The molecule has 1 amide bonds. The lowest BCUT2D eigenvalue weighted by molar-refractivity contribution is -0.384. The average Bonchev–Trinajstić information content (AvgIpc) is 2.53. The quantitative estimate of drug-likeness (QED) is 0.612. The third-order valence-corrected chi connectivity index (χ3v) is 3.87. The van der Waals surface area contributed by atoms with E-state index in [0.717, 1.165) is 5.56 Å². The number of hydrogen-bond acceptors (Lipinski definition) is 4. The Morgan fingerprint density at radius 3 is 2.58 bits per heavy atom. The number of nitro groups is 1. The van der Waals surface area contributed by atoms with Gasteiger partial charge in [0.2, 0.25) is 0 Å². The number of carbonyl (C=O) groups excluding carboxylic acids is 1. The number of nitro benzene ring substituents is 1. The number of benzene rings is 2. The molecule has 8 heteroatoms. The van der Waals surface area contributed by atoms with E-state index in [1.54, 1.807) is 19.1 Å². The van der Waals surface area contributed by atoms with Crippen LogP contribution < -0.4 is 10.1 Å². The third-order valence-electron chi connectivity index (χ3n) is 3.23. The van der Waals surface area contributed by atoms with Crippen molar-refractivity contribution in [1.82, 2.24) is 5.32 Å². The zero-order valence-electron chi connectivity index (χ0n) is 12.7. The molecule has 0 aromatic heterocycles. The summed E-state index contributed by atoms with van der Waals surface area (Å²) in [5, 5.41) is 14.0. The Bertz CT molecular complexity index is 767. The molecule has 6 nitrogen and oxygen atoms in total. The van der Waals surface area contributed by atoms with Crippen molar-refractivity contribution in [3.8, 4) is 5.75 Å². The van der Waals surface area contributed by atoms with Crippen LogP contribution in [0.1, 0.15) is 18.5 Å². The van der Waals surface area contributed by atoms with Crippen LogP contribution in [0, 0.1) is 10.1 Å². The molecular weight excluding hydrogens is 355 g/mol. The molecule has 2 aromatic rings. The highest BCUT2D eigenvalue weighted by atomic mass is 35.5. The SMILES string of the molecule is C[C@@H](NC(=O)COc1ccc([N+](=O)[O-])cc1Cl)c1ccccc1Cl. The van der Waals surface area contributed by atoms with E-state index in [-0.39, 0.29) is 35.0 Å². The Kier molecular flexibility index (Phi) is 6.00. The molecule has 0 saturated carbocycles. The largest absolute Gasteiger partial charge is 0.482 e. The van der Waals surface area contributed by atoms with Gasteiger partial charge in [0.1, 0.15) is 5.75 Å². The highest BCUT2D eigenvalue weighted by Gasteiger charge is 2.14. The standard InChI is InChI=1S/C16H14Cl2N2O4/c1-10(12-4-2-3-5-13(12)17)19-16(21)9-24-15-7-6-11(20(22)23)8-14(15)18/h2-8,10H,9H2,1H3,(H,19,21)/t10-/m1/s1. The Morgan fingerprint density at radius 2 is 1.96 bits per heavy atom. The van der Waals surface area contributed by atoms with Crippen LogP contribution in [-0.2, 0) is 4.79 Å². The van der Waals surface area contributed by atoms with Gasteiger partial charge in [-0.05, 0) is 24.6 Å². The van der Waals surface area contributed by atoms with E-state index in [1.807, 2.05) is 12.1 Å². The van der Waals surface area contributed by atoms with Crippen LogP contribution in [0.15, 0.2) is 42.5 Å². The Morgan fingerprint density at radius 1 is 1.25 bits per heavy atom. The summed E-state index contributed by atoms with van der Waals surface area (Å²) in [5.74, 6) is -0.167. The van der Waals surface area contributed by atoms with Gasteiger partial charge >= 0.3 is 0 Å². The Hall–Kier alpha value is -2.31. The summed E-state index contributed by atoms with van der Waals surface area (Å²) in [4.78, 5) is 22.1. The van der Waals surface area contributed by atoms with Crippen molar-refractivity contribution < 1.29 is 14.5 Å². The highest BCUT2D eigenvalue weighted by molar-refractivity contribution is 6.32. The van der Waals surface area contributed by atoms with Crippen molar-refractivity contribution in [3.05, 3.63) is 68.2 Å². The fraction of sp³-hybridized carbons (Fsp3) is 0.188. The van der Waals surface area contributed by atoms with Crippen LogP contribution in [0.25, 0.3) is 0 Å². The number of ether oxygens (including phenoxy) is 1. The fourth-order valence-corrected chi connectivity index (χ4v) is 2.58. The van der Waals surface area contributed by atoms with Gasteiger partial charge in [-0.25, -0.2) is 0 Å². The van der Waals surface area contributed by atoms with E-state index in [9.17, 15) is 14.9 Å². The highest BCUT2D eigenvalue weighted by Crippen LogP contribution is 2.28. The Balaban J connectivity index is 1.94. The van der Waals surface area contributed by atoms with Crippen LogP contribution in [0.2, 0.25) is 10.0 Å². The molecule has 2 aromatic carbocycles. The van der Waals surface area contributed by atoms with Gasteiger partial charge in [-0.15, -0.1) is 0 Å². The van der Waals surface area contributed by atoms with E-state index in [2.05, 4.69) is 5.32 Å². The molecule has 0 fully saturated rings. The lowest BCUT2D eigenvalue weighted by Gasteiger charge is -2.16. The van der Waals surface area contributed by atoms with Gasteiger partial charge < -0.3 is 10.1 Å². The first-order valence-electron chi connectivity index (χ1n) is 6.99. The second-order valence-corrected chi connectivity index (χ2v) is 5.79. The zero-order valence-corrected chi connectivity index (χ0v) is 14.2. The zero-order chi connectivity index (χ0) is 17.7. The van der Waals surface area contributed by atoms with Gasteiger partial charge in [-0.3, -0.25) is 14.9 Å². The molecule has 24 heavy (non-hydrogen) atoms. The lowest BCUT2D eigenvalue weighted by atomic mass is 10.1. The number of nitrogens with zero attached hydrogens (tertiary/aromatic N) is 1. The number of carbonyl (C=O) groups is 1. The monoisotopic (exact) mass is 368 g/mol. The van der Waals surface area contributed by atoms with Crippen molar-refractivity contribution in [1.29, 1.82) is 0 Å². The normalized spacial score (nSPS) is 11.6. The first-order valence-corrected chi connectivity index (χ1v) is 7.74. The maximum Gasteiger partial charge on any atom is 0.271 e. The molecule has 0 aliphatic carbocycles. The molecule has 0 heterocycles. The van der Waals surface area contributed by atoms with Crippen molar-refractivity contribution in [2.45, 2.75) is 13.0 Å². The number of amides is 1. The maximum absolute atomic E-state index is 12.0. The first-order chi connectivity index (χ1) is 11.4. The van der Waals surface area contributed by atoms with Crippen molar-refractivity contribution in [3.63, 3.8) is 0 Å². The van der Waals surface area contributed by atoms with Gasteiger partial charge in [-0.2, -0.15) is 0 Å². The van der Waals surface area contributed by atoms with Gasteiger partial charge in [0.05, 0.1) is 16.0 Å². The molecule has 1 atom stereocenters. The molecule has 0 radical (unpaired) electrons. The minimum Gasteiger partial charge on any atom is -0.482 e. The van der Waals surface area contributed by atoms with E-state index in [0.29, 0.717) is 5.02 Å². The van der Waals surface area contributed by atoms with Gasteiger partial charge in [0, 0.05) is 17.2 Å². The maximum atomic E-state index is 12.0. The van der Waals surface area contributed by atoms with Crippen molar-refractivity contribution in [2.75, 3.05) is 6.61 Å². The van der Waals surface area contributed by atoms with Gasteiger partial charge in [-0.1, -0.05) is 41.4 Å². The number of halogens is 2. The molecule has 0 saturated heterocycles. The number of rotatable bonds is 6. The molecule has 0 bridgehead atoms. The summed E-state index contributed by atoms with van der Waals surface area (Å²) in [6.45, 7) is 1.53. The van der Waals surface area contributed by atoms with Crippen molar-refractivity contribution >= 4 is 34.8 Å². The van der Waals surface area contributed by atoms with E-state index >= 15 is 0 Å². The topological polar surface area (TPSA) is 81.5 Å². The van der Waals surface area contributed by atoms with Crippen LogP contribution in [0.5, 0.6) is 5.75 Å². The predicted molar refractivity (Wildman–Crippen MR) is 91.6 cm³/mol. The van der Waals surface area contributed by atoms with Crippen LogP contribution >= 0.6 is 23.2 Å². The second-order valence-electron chi connectivity index (χ2n) is 4.97. The van der Waals surface area contributed by atoms with Gasteiger partial charge in [0.25, 0.3) is 11.6 Å². The summed E-state index contributed by atoms with van der Waals surface area (Å²) in [6.07, 6.45) is 0. The van der Waals surface area contributed by atoms with E-state index in [1.165, 1.54) is 18.2 Å². The van der Waals surface area contributed by atoms with Crippen LogP contribution in [-0.4, -0.2) is 17.4 Å². The number of hydrogen-bond donors (Lipinski definition) is 1. The fourth-order valence-electron chi connectivity index (χ4n) is 2.05. The molecule has 1 N–H and O–H groups in total. The first kappa shape index (κ1) is 18.0. The minimum atomic E-state index is -0.562. The predicted octanol–water partition coefficient (Wildman–Crippen LogP) is 4.16. The van der Waals surface area contributed by atoms with E-state index < -0.39 is 4.92 Å². The van der Waals surface area contributed by atoms with Gasteiger partial charge in [0.15, 0.2) is 6.61 Å². The molecule has 0 spiro atoms. The molecule has 0 aliphatic heterocycles. The Labute approximate surface area is 148 Å². The molecule has 0 unspecified atom stereocenters. The van der Waals surface area contributed by atoms with E-state index in [4.69, 9.17) is 27.9 Å². The summed E-state index contributed by atoms with van der Waals surface area (Å²) in [6, 6.07) is 10.7. The number of non-ortho nitro benzene ring substituents is 1. The molecule has 126 valence electrons. The molecular formula is C16H14Cl2N2O4.